The van der Waals surface area contributed by atoms with E-state index in [0.29, 0.717) is 13.1 Å². The molecule has 2 heterocycles. The zero-order chi connectivity index (χ0) is 57.9. The van der Waals surface area contributed by atoms with E-state index in [1.165, 1.54) is 65.8 Å². The Balaban J connectivity index is 0.751. The molecule has 0 unspecified atom stereocenters. The van der Waals surface area contributed by atoms with Crippen LogP contribution in [0.1, 0.15) is 12.5 Å². The van der Waals surface area contributed by atoms with Crippen LogP contribution in [0.5, 0.6) is 0 Å². The SMILES string of the molecule is C=CCN(C(/C=C\CN(c1ccccc1)c1ccc(-c2ccc3ccccc3c2)cc1C)=C/C)c1ccc(-c2nc3ccccc3nc2-c2ccc(N(c3ccccc3)c3ccc4[nH]c5ccc(-c6ccc7ccccc7c6)cc5c4c3)cc2)cc1. The highest BCUT2D eigenvalue weighted by atomic mass is 15.2. The Morgan fingerprint density at radius 3 is 1.48 bits per heavy atom. The van der Waals surface area contributed by atoms with Gasteiger partial charge in [-0.05, 0) is 185 Å². The highest BCUT2D eigenvalue weighted by Crippen LogP contribution is 2.41. The van der Waals surface area contributed by atoms with Crippen LogP contribution in [0.2, 0.25) is 0 Å². The van der Waals surface area contributed by atoms with E-state index >= 15 is 0 Å². The first-order valence-electron chi connectivity index (χ1n) is 29.4. The molecule has 86 heavy (non-hydrogen) atoms. The van der Waals surface area contributed by atoms with Gasteiger partial charge in [0, 0.05) is 85.8 Å². The van der Waals surface area contributed by atoms with Crippen molar-refractivity contribution in [3.8, 4) is 44.8 Å². The topological polar surface area (TPSA) is 51.3 Å². The van der Waals surface area contributed by atoms with Gasteiger partial charge in [-0.2, -0.15) is 0 Å². The quantitative estimate of drug-likeness (QED) is 0.0772. The lowest BCUT2D eigenvalue weighted by atomic mass is 9.99. The van der Waals surface area contributed by atoms with E-state index in [2.05, 4.69) is 307 Å². The van der Waals surface area contributed by atoms with Crippen molar-refractivity contribution in [2.45, 2.75) is 13.8 Å². The number of aromatic nitrogens is 3. The molecule has 14 rings (SSSR count). The van der Waals surface area contributed by atoms with Gasteiger partial charge in [-0.3, -0.25) is 0 Å². The van der Waals surface area contributed by atoms with Crippen molar-refractivity contribution >= 4 is 88.5 Å². The maximum Gasteiger partial charge on any atom is 0.0973 e. The Bertz CT molecular complexity index is 4870. The number of benzene rings is 12. The van der Waals surface area contributed by atoms with Crippen LogP contribution in [-0.4, -0.2) is 28.0 Å². The molecule has 0 fully saturated rings. The number of H-pyrrole nitrogens is 1. The molecule has 0 spiro atoms. The van der Waals surface area contributed by atoms with Crippen LogP contribution in [0.3, 0.4) is 0 Å². The minimum absolute atomic E-state index is 0.622. The van der Waals surface area contributed by atoms with Crippen molar-refractivity contribution in [3.05, 3.63) is 315 Å². The molecule has 0 aliphatic carbocycles. The summed E-state index contributed by atoms with van der Waals surface area (Å²) < 4.78 is 0. The molecule has 0 aliphatic heterocycles. The minimum atomic E-state index is 0.622. The van der Waals surface area contributed by atoms with Gasteiger partial charge in [0.1, 0.15) is 0 Å². The molecule has 0 radical (unpaired) electrons. The first-order chi connectivity index (χ1) is 42.4. The number of hydrogen-bond acceptors (Lipinski definition) is 5. The number of aryl methyl sites for hydroxylation is 1. The molecule has 0 saturated carbocycles. The number of anilines is 6. The van der Waals surface area contributed by atoms with Crippen molar-refractivity contribution in [1.82, 2.24) is 15.0 Å². The second kappa shape index (κ2) is 23.3. The maximum absolute atomic E-state index is 5.34. The number of nitrogens with zero attached hydrogens (tertiary/aromatic N) is 5. The zero-order valence-corrected chi connectivity index (χ0v) is 48.1. The Hall–Kier alpha value is -11.1. The Morgan fingerprint density at radius 2 is 0.884 bits per heavy atom. The predicted molar refractivity (Wildman–Crippen MR) is 365 cm³/mol. The fourth-order valence-corrected chi connectivity index (χ4v) is 12.1. The summed E-state index contributed by atoms with van der Waals surface area (Å²) in [6.07, 6.45) is 8.62. The summed E-state index contributed by atoms with van der Waals surface area (Å²) >= 11 is 0. The summed E-state index contributed by atoms with van der Waals surface area (Å²) in [5.41, 5.74) is 21.1. The number of fused-ring (bicyclic) bond motifs is 6. The van der Waals surface area contributed by atoms with E-state index in [4.69, 9.17) is 9.97 Å². The van der Waals surface area contributed by atoms with Crippen molar-refractivity contribution in [2.75, 3.05) is 27.8 Å². The summed E-state index contributed by atoms with van der Waals surface area (Å²) in [5, 5.41) is 7.32. The van der Waals surface area contributed by atoms with Crippen LogP contribution in [-0.2, 0) is 0 Å². The van der Waals surface area contributed by atoms with Crippen LogP contribution < -0.4 is 14.7 Å². The van der Waals surface area contributed by atoms with Gasteiger partial charge in [0.2, 0.25) is 0 Å². The fraction of sp³-hybridized carbons (Fsp3) is 0.0500. The number of para-hydroxylation sites is 4. The molecule has 0 atom stereocenters. The van der Waals surface area contributed by atoms with E-state index in [0.717, 1.165) is 78.7 Å². The molecule has 0 amide bonds. The number of rotatable bonds is 16. The highest BCUT2D eigenvalue weighted by molar-refractivity contribution is 6.10. The van der Waals surface area contributed by atoms with Crippen LogP contribution in [0.4, 0.5) is 34.1 Å². The lowest BCUT2D eigenvalue weighted by Gasteiger charge is -2.27. The minimum Gasteiger partial charge on any atom is -0.355 e. The Morgan fingerprint density at radius 1 is 0.419 bits per heavy atom. The smallest absolute Gasteiger partial charge is 0.0973 e. The molecule has 412 valence electrons. The van der Waals surface area contributed by atoms with Gasteiger partial charge in [0.15, 0.2) is 0 Å². The molecule has 12 aromatic carbocycles. The number of aromatic amines is 1. The molecule has 2 aromatic heterocycles. The Labute approximate surface area is 502 Å². The average Bonchev–Trinajstić information content (AvgIpc) is 1.96. The van der Waals surface area contributed by atoms with Gasteiger partial charge in [-0.15, -0.1) is 6.58 Å². The summed E-state index contributed by atoms with van der Waals surface area (Å²) in [5.74, 6) is 0. The molecule has 0 bridgehead atoms. The third-order valence-electron chi connectivity index (χ3n) is 16.5. The molecule has 0 saturated heterocycles. The molecule has 0 aliphatic rings. The molecule has 1 N–H and O–H groups in total. The normalized spacial score (nSPS) is 11.8. The van der Waals surface area contributed by atoms with Crippen molar-refractivity contribution in [3.63, 3.8) is 0 Å². The molecular formula is C80H62N6. The lowest BCUT2D eigenvalue weighted by Crippen LogP contribution is -2.22. The van der Waals surface area contributed by atoms with E-state index in [9.17, 15) is 0 Å². The van der Waals surface area contributed by atoms with E-state index < -0.39 is 0 Å². The largest absolute Gasteiger partial charge is 0.355 e. The molecule has 6 nitrogen and oxygen atoms in total. The van der Waals surface area contributed by atoms with E-state index in [-0.39, 0.29) is 0 Å². The van der Waals surface area contributed by atoms with Crippen LogP contribution in [0.25, 0.3) is 99.2 Å². The van der Waals surface area contributed by atoms with Gasteiger partial charge < -0.3 is 19.7 Å². The monoisotopic (exact) mass is 1110 g/mol. The summed E-state index contributed by atoms with van der Waals surface area (Å²) in [7, 11) is 0. The maximum atomic E-state index is 5.34. The fourth-order valence-electron chi connectivity index (χ4n) is 12.1. The van der Waals surface area contributed by atoms with Gasteiger partial charge in [-0.1, -0.05) is 176 Å². The van der Waals surface area contributed by atoms with Gasteiger partial charge >= 0.3 is 0 Å². The lowest BCUT2D eigenvalue weighted by molar-refractivity contribution is 1.03. The molecule has 14 aromatic rings. The molecule has 6 heteroatoms. The standard InChI is InChI=1S/C80H62N6/c1-4-48-84(66(5-2)27-18-49-85(67-23-8-6-9-24-67)78-47-39-62(50-55(78)3)63-32-30-56-19-12-14-21-60(56)51-63)68-40-34-58(35-41-68)79-80(83-77-29-17-16-28-76(77)82-79)59-36-42-70(43-37-59)86(69-25-10-7-11-26-69)71-44-46-75-73(54-71)72-53-65(38-45-74(72)81-75)64-33-31-57-20-13-15-22-61(57)52-64/h4-47,50-54,81H,1,48-49H2,2-3H3/b27-18-,66-5+. The van der Waals surface area contributed by atoms with Crippen LogP contribution in [0.15, 0.2) is 310 Å². The van der Waals surface area contributed by atoms with Crippen LogP contribution >= 0.6 is 0 Å². The second-order valence-electron chi connectivity index (χ2n) is 21.9. The first-order valence-corrected chi connectivity index (χ1v) is 29.4. The van der Waals surface area contributed by atoms with Gasteiger partial charge in [0.25, 0.3) is 0 Å². The van der Waals surface area contributed by atoms with Gasteiger partial charge in [0.05, 0.1) is 22.4 Å². The zero-order valence-electron chi connectivity index (χ0n) is 48.1. The van der Waals surface area contributed by atoms with E-state index in [1.807, 2.05) is 30.3 Å². The summed E-state index contributed by atoms with van der Waals surface area (Å²) in [4.78, 5) is 21.4. The first kappa shape index (κ1) is 53.0. The van der Waals surface area contributed by atoms with Crippen molar-refractivity contribution < 1.29 is 0 Å². The van der Waals surface area contributed by atoms with Gasteiger partial charge in [-0.25, -0.2) is 9.97 Å². The average molecular weight is 1110 g/mol. The third kappa shape index (κ3) is 10.5. The number of hydrogen-bond donors (Lipinski definition) is 1. The van der Waals surface area contributed by atoms with Crippen LogP contribution in [0, 0.1) is 6.92 Å². The summed E-state index contributed by atoms with van der Waals surface area (Å²) in [6.45, 7) is 9.79. The number of nitrogens with one attached hydrogen (secondary N) is 1. The molecular weight excluding hydrogens is 1040 g/mol. The van der Waals surface area contributed by atoms with E-state index in [1.54, 1.807) is 0 Å². The van der Waals surface area contributed by atoms with Crippen molar-refractivity contribution in [1.29, 1.82) is 0 Å². The van der Waals surface area contributed by atoms with Crippen molar-refractivity contribution in [2.24, 2.45) is 0 Å². The second-order valence-corrected chi connectivity index (χ2v) is 21.9. The third-order valence-corrected chi connectivity index (χ3v) is 16.5. The Kier molecular flexibility index (Phi) is 14.3. The highest BCUT2D eigenvalue weighted by Gasteiger charge is 2.20. The predicted octanol–water partition coefficient (Wildman–Crippen LogP) is 21.3. The number of allylic oxidation sites excluding steroid dienone is 2. The summed E-state index contributed by atoms with van der Waals surface area (Å²) in [6, 6.07) is 97.7.